The van der Waals surface area contributed by atoms with E-state index in [1.54, 1.807) is 0 Å². The van der Waals surface area contributed by atoms with Crippen LogP contribution in [0.15, 0.2) is 16.9 Å². The lowest BCUT2D eigenvalue weighted by atomic mass is 10.1. The Labute approximate surface area is 146 Å². The summed E-state index contributed by atoms with van der Waals surface area (Å²) in [6.45, 7) is 9.99. The van der Waals surface area contributed by atoms with Gasteiger partial charge in [0.05, 0.1) is 11.2 Å². The average molecular weight is 337 g/mol. The number of nitrogens with zero attached hydrogens (tertiary/aromatic N) is 3. The Balaban J connectivity index is 2.01. The summed E-state index contributed by atoms with van der Waals surface area (Å²) in [5.74, 6) is 0.795. The highest BCUT2D eigenvalue weighted by molar-refractivity contribution is 5.83. The Morgan fingerprint density at radius 3 is 2.40 bits per heavy atom. The first-order valence-corrected chi connectivity index (χ1v) is 8.51. The minimum Gasteiger partial charge on any atom is -0.294 e. The molecule has 0 radical (unpaired) electrons. The highest BCUT2D eigenvalue weighted by atomic mass is 16.1. The van der Waals surface area contributed by atoms with E-state index in [1.165, 1.54) is 11.1 Å². The van der Waals surface area contributed by atoms with Crippen molar-refractivity contribution in [1.29, 1.82) is 0 Å². The second-order valence-electron chi connectivity index (χ2n) is 6.44. The van der Waals surface area contributed by atoms with Crippen molar-refractivity contribution in [3.63, 3.8) is 0 Å². The van der Waals surface area contributed by atoms with Crippen molar-refractivity contribution in [3.05, 3.63) is 50.6 Å². The molecule has 6 nitrogen and oxygen atoms in total. The zero-order valence-corrected chi connectivity index (χ0v) is 15.3. The Morgan fingerprint density at radius 1 is 1.00 bits per heavy atom. The number of aryl methyl sites for hydroxylation is 4. The molecule has 0 aliphatic rings. The molecule has 25 heavy (non-hydrogen) atoms. The molecule has 2 heterocycles. The molecule has 130 valence electrons. The molecule has 0 spiro atoms. The van der Waals surface area contributed by atoms with Crippen molar-refractivity contribution in [3.8, 4) is 0 Å². The summed E-state index contributed by atoms with van der Waals surface area (Å²) in [6, 6.07) is 4.16. The van der Waals surface area contributed by atoms with Crippen LogP contribution in [0.5, 0.6) is 0 Å². The number of nitrogens with one attached hydrogen (secondary N) is 2. The van der Waals surface area contributed by atoms with Crippen molar-refractivity contribution in [1.82, 2.24) is 19.9 Å². The first-order chi connectivity index (χ1) is 11.9. The van der Waals surface area contributed by atoms with E-state index in [4.69, 9.17) is 0 Å². The van der Waals surface area contributed by atoms with Crippen molar-refractivity contribution in [2.75, 3.05) is 5.32 Å². The Bertz CT molecular complexity index is 1010. The van der Waals surface area contributed by atoms with E-state index in [9.17, 15) is 4.79 Å². The van der Waals surface area contributed by atoms with Gasteiger partial charge in [0.2, 0.25) is 11.9 Å². The predicted octanol–water partition coefficient (Wildman–Crippen LogP) is 3.64. The molecule has 1 aromatic carbocycles. The van der Waals surface area contributed by atoms with Crippen LogP contribution in [0, 0.1) is 27.7 Å². The van der Waals surface area contributed by atoms with E-state index >= 15 is 0 Å². The fourth-order valence-corrected chi connectivity index (χ4v) is 2.92. The third kappa shape index (κ3) is 3.38. The fourth-order valence-electron chi connectivity index (χ4n) is 2.92. The van der Waals surface area contributed by atoms with Crippen LogP contribution in [0.1, 0.15) is 41.4 Å². The predicted molar refractivity (Wildman–Crippen MR) is 101 cm³/mol. The summed E-state index contributed by atoms with van der Waals surface area (Å²) in [7, 11) is 0. The molecule has 2 aromatic heterocycles. The van der Waals surface area contributed by atoms with Gasteiger partial charge in [0.1, 0.15) is 0 Å². The standard InChI is InChI=1S/C19H23N5O/c1-6-7-14-12(4)20-19(23-17(14)25)24-18-21-13(5)15-8-10(2)11(3)9-16(15)22-18/h8-9H,6-7H2,1-5H3,(H2,20,21,22,23,24,25). The van der Waals surface area contributed by atoms with Gasteiger partial charge in [0, 0.05) is 16.6 Å². The Hall–Kier alpha value is -2.76. The van der Waals surface area contributed by atoms with Crippen molar-refractivity contribution in [2.45, 2.75) is 47.5 Å². The number of fused-ring (bicyclic) bond motifs is 1. The zero-order chi connectivity index (χ0) is 18.1. The number of hydrogen-bond acceptors (Lipinski definition) is 5. The summed E-state index contributed by atoms with van der Waals surface area (Å²) in [5, 5.41) is 4.07. The fraction of sp³-hybridized carbons (Fsp3) is 0.368. The zero-order valence-electron chi connectivity index (χ0n) is 15.3. The molecule has 6 heteroatoms. The van der Waals surface area contributed by atoms with Crippen molar-refractivity contribution < 1.29 is 0 Å². The molecule has 3 aromatic rings. The van der Waals surface area contributed by atoms with Crippen LogP contribution in [-0.2, 0) is 6.42 Å². The summed E-state index contributed by atoms with van der Waals surface area (Å²) in [5.41, 5.74) is 5.51. The van der Waals surface area contributed by atoms with Gasteiger partial charge in [-0.15, -0.1) is 0 Å². The summed E-state index contributed by atoms with van der Waals surface area (Å²) in [4.78, 5) is 28.5. The molecule has 0 aliphatic heterocycles. The van der Waals surface area contributed by atoms with Crippen molar-refractivity contribution >= 4 is 22.8 Å². The van der Waals surface area contributed by atoms with Crippen LogP contribution < -0.4 is 10.9 Å². The number of aromatic amines is 1. The maximum Gasteiger partial charge on any atom is 0.255 e. The highest BCUT2D eigenvalue weighted by Crippen LogP contribution is 2.22. The molecule has 0 fully saturated rings. The lowest BCUT2D eigenvalue weighted by molar-refractivity contribution is 0.867. The summed E-state index contributed by atoms with van der Waals surface area (Å²) in [6.07, 6.45) is 1.63. The number of hydrogen-bond donors (Lipinski definition) is 2. The van der Waals surface area contributed by atoms with E-state index in [1.807, 2.05) is 20.8 Å². The molecule has 2 N–H and O–H groups in total. The van der Waals surface area contributed by atoms with E-state index in [-0.39, 0.29) is 5.56 Å². The van der Waals surface area contributed by atoms with E-state index in [2.05, 4.69) is 51.2 Å². The molecule has 0 unspecified atom stereocenters. The second kappa shape index (κ2) is 6.63. The molecule has 0 atom stereocenters. The van der Waals surface area contributed by atoms with E-state index in [0.29, 0.717) is 11.9 Å². The monoisotopic (exact) mass is 337 g/mol. The average Bonchev–Trinajstić information content (AvgIpc) is 2.53. The van der Waals surface area contributed by atoms with Gasteiger partial charge in [0.25, 0.3) is 5.56 Å². The molecule has 0 bridgehead atoms. The minimum absolute atomic E-state index is 0.110. The first-order valence-electron chi connectivity index (χ1n) is 8.51. The molecular formula is C19H23N5O. The first kappa shape index (κ1) is 17.1. The SMILES string of the molecule is CCCc1c(C)nc(Nc2nc(C)c3cc(C)c(C)cc3n2)[nH]c1=O. The number of rotatable bonds is 4. The van der Waals surface area contributed by atoms with Gasteiger partial charge in [0.15, 0.2) is 0 Å². The molecule has 0 aliphatic carbocycles. The number of aromatic nitrogens is 4. The third-order valence-electron chi connectivity index (χ3n) is 4.45. The maximum atomic E-state index is 12.2. The summed E-state index contributed by atoms with van der Waals surface area (Å²) < 4.78 is 0. The van der Waals surface area contributed by atoms with E-state index < -0.39 is 0 Å². The number of anilines is 2. The van der Waals surface area contributed by atoms with Gasteiger partial charge in [-0.3, -0.25) is 15.1 Å². The molecule has 0 saturated heterocycles. The van der Waals surface area contributed by atoms with Crippen LogP contribution in [0.2, 0.25) is 0 Å². The van der Waals surface area contributed by atoms with Gasteiger partial charge in [-0.1, -0.05) is 13.3 Å². The highest BCUT2D eigenvalue weighted by Gasteiger charge is 2.10. The van der Waals surface area contributed by atoms with Gasteiger partial charge in [-0.05, 0) is 57.4 Å². The smallest absolute Gasteiger partial charge is 0.255 e. The lowest BCUT2D eigenvalue weighted by Gasteiger charge is -2.10. The molecule has 0 amide bonds. The summed E-state index contributed by atoms with van der Waals surface area (Å²) >= 11 is 0. The number of benzene rings is 1. The topological polar surface area (TPSA) is 83.6 Å². The van der Waals surface area contributed by atoms with Crippen LogP contribution in [0.25, 0.3) is 10.9 Å². The van der Waals surface area contributed by atoms with Gasteiger partial charge in [-0.2, -0.15) is 0 Å². The largest absolute Gasteiger partial charge is 0.294 e. The van der Waals surface area contributed by atoms with E-state index in [0.717, 1.165) is 40.7 Å². The molecule has 3 rings (SSSR count). The van der Waals surface area contributed by atoms with Crippen LogP contribution >= 0.6 is 0 Å². The van der Waals surface area contributed by atoms with Crippen LogP contribution in [-0.4, -0.2) is 19.9 Å². The van der Waals surface area contributed by atoms with Gasteiger partial charge < -0.3 is 0 Å². The third-order valence-corrected chi connectivity index (χ3v) is 4.45. The Morgan fingerprint density at radius 2 is 1.72 bits per heavy atom. The quantitative estimate of drug-likeness (QED) is 0.759. The normalized spacial score (nSPS) is 11.1. The van der Waals surface area contributed by atoms with Gasteiger partial charge in [-0.25, -0.2) is 15.0 Å². The lowest BCUT2D eigenvalue weighted by Crippen LogP contribution is -2.18. The maximum absolute atomic E-state index is 12.2. The van der Waals surface area contributed by atoms with Gasteiger partial charge >= 0.3 is 0 Å². The second-order valence-corrected chi connectivity index (χ2v) is 6.44. The number of H-pyrrole nitrogens is 1. The van der Waals surface area contributed by atoms with Crippen LogP contribution in [0.4, 0.5) is 11.9 Å². The Kier molecular flexibility index (Phi) is 4.53. The van der Waals surface area contributed by atoms with Crippen molar-refractivity contribution in [2.24, 2.45) is 0 Å². The molecular weight excluding hydrogens is 314 g/mol. The molecule has 0 saturated carbocycles. The van der Waals surface area contributed by atoms with Crippen LogP contribution in [0.3, 0.4) is 0 Å². The minimum atomic E-state index is -0.110.